The molecule has 0 bridgehead atoms. The molecule has 3 N–H and O–H groups in total. The fourth-order valence-corrected chi connectivity index (χ4v) is 1.36. The Morgan fingerprint density at radius 3 is 2.52 bits per heavy atom. The molecule has 0 saturated heterocycles. The van der Waals surface area contributed by atoms with Crippen LogP contribution >= 0.6 is 0 Å². The molecule has 1 rings (SSSR count). The van der Waals surface area contributed by atoms with E-state index < -0.39 is 24.0 Å². The summed E-state index contributed by atoms with van der Waals surface area (Å²) >= 11 is 0. The highest BCUT2D eigenvalue weighted by atomic mass is 16.5. The number of benzene rings is 1. The first-order valence-corrected chi connectivity index (χ1v) is 5.99. The number of urea groups is 1. The van der Waals surface area contributed by atoms with E-state index in [1.807, 2.05) is 5.32 Å². The molecule has 0 heterocycles. The largest absolute Gasteiger partial charge is 0.507 e. The van der Waals surface area contributed by atoms with Crippen LogP contribution in [0, 0.1) is 0 Å². The summed E-state index contributed by atoms with van der Waals surface area (Å²) in [5.74, 6) is -1.65. The van der Waals surface area contributed by atoms with Gasteiger partial charge in [0.25, 0.3) is 5.91 Å². The first-order chi connectivity index (χ1) is 9.88. The number of ether oxygens (including phenoxy) is 2. The summed E-state index contributed by atoms with van der Waals surface area (Å²) in [5.41, 5.74) is -0.144. The average molecular weight is 296 g/mol. The average Bonchev–Trinajstić information content (AvgIpc) is 2.47. The summed E-state index contributed by atoms with van der Waals surface area (Å²) in [4.78, 5) is 34.4. The number of imide groups is 1. The van der Waals surface area contributed by atoms with Crippen LogP contribution in [-0.4, -0.2) is 43.3 Å². The number of carbonyl (C=O) groups excluding carboxylic acids is 3. The van der Waals surface area contributed by atoms with Crippen molar-refractivity contribution in [2.75, 3.05) is 14.2 Å². The molecule has 8 heteroatoms. The molecule has 1 atom stereocenters. The maximum absolute atomic E-state index is 11.9. The van der Waals surface area contributed by atoms with E-state index >= 15 is 0 Å². The van der Waals surface area contributed by atoms with Crippen LogP contribution in [-0.2, 0) is 9.53 Å². The fourth-order valence-electron chi connectivity index (χ4n) is 1.36. The molecular formula is C13H16N2O6. The standard InChI is InChI=1S/C13H16N2O6/c1-7(11(17)15-13(19)14-2)21-12(18)9-6-8(20-3)4-5-10(9)16/h4-7,16H,1-3H3,(H2,14,15,17,19). The van der Waals surface area contributed by atoms with E-state index in [1.54, 1.807) is 0 Å². The van der Waals surface area contributed by atoms with Gasteiger partial charge in [0.05, 0.1) is 7.11 Å². The molecule has 0 fully saturated rings. The highest BCUT2D eigenvalue weighted by Crippen LogP contribution is 2.23. The summed E-state index contributed by atoms with van der Waals surface area (Å²) in [6.07, 6.45) is -1.21. The summed E-state index contributed by atoms with van der Waals surface area (Å²) in [7, 11) is 2.74. The predicted octanol–water partition coefficient (Wildman–Crippen LogP) is 0.402. The third kappa shape index (κ3) is 4.37. The van der Waals surface area contributed by atoms with Crippen molar-refractivity contribution in [2.45, 2.75) is 13.0 Å². The minimum Gasteiger partial charge on any atom is -0.507 e. The van der Waals surface area contributed by atoms with Crippen molar-refractivity contribution in [1.82, 2.24) is 10.6 Å². The molecule has 0 aliphatic carbocycles. The van der Waals surface area contributed by atoms with E-state index in [2.05, 4.69) is 5.32 Å². The van der Waals surface area contributed by atoms with Gasteiger partial charge in [0.1, 0.15) is 17.1 Å². The highest BCUT2D eigenvalue weighted by Gasteiger charge is 2.22. The van der Waals surface area contributed by atoms with Gasteiger partial charge in [-0.2, -0.15) is 0 Å². The molecule has 1 aromatic rings. The lowest BCUT2D eigenvalue weighted by molar-refractivity contribution is -0.127. The first kappa shape index (κ1) is 16.3. The number of esters is 1. The molecule has 0 aliphatic rings. The zero-order valence-corrected chi connectivity index (χ0v) is 11.8. The molecular weight excluding hydrogens is 280 g/mol. The van der Waals surface area contributed by atoms with Gasteiger partial charge in [-0.1, -0.05) is 0 Å². The smallest absolute Gasteiger partial charge is 0.342 e. The third-order valence-electron chi connectivity index (χ3n) is 2.54. The van der Waals surface area contributed by atoms with Gasteiger partial charge >= 0.3 is 12.0 Å². The normalized spacial score (nSPS) is 11.2. The van der Waals surface area contributed by atoms with Crippen LogP contribution < -0.4 is 15.4 Å². The molecule has 8 nitrogen and oxygen atoms in total. The molecule has 0 aliphatic heterocycles. The maximum Gasteiger partial charge on any atom is 0.342 e. The number of phenols is 1. The molecule has 3 amide bonds. The SMILES string of the molecule is CNC(=O)NC(=O)C(C)OC(=O)c1cc(OC)ccc1O. The van der Waals surface area contributed by atoms with Gasteiger partial charge in [-0.25, -0.2) is 9.59 Å². The fraction of sp³-hybridized carbons (Fsp3) is 0.308. The molecule has 0 radical (unpaired) electrons. The maximum atomic E-state index is 11.9. The van der Waals surface area contributed by atoms with Gasteiger partial charge in [-0.05, 0) is 25.1 Å². The van der Waals surface area contributed by atoms with Crippen molar-refractivity contribution < 1.29 is 29.0 Å². The first-order valence-electron chi connectivity index (χ1n) is 5.99. The van der Waals surface area contributed by atoms with Crippen LogP contribution in [0.2, 0.25) is 0 Å². The Bertz CT molecular complexity index is 558. The van der Waals surface area contributed by atoms with Gasteiger partial charge in [0.15, 0.2) is 6.10 Å². The number of carbonyl (C=O) groups is 3. The second-order valence-corrected chi connectivity index (χ2v) is 4.00. The quantitative estimate of drug-likeness (QED) is 0.693. The number of hydrogen-bond donors (Lipinski definition) is 3. The molecule has 0 spiro atoms. The van der Waals surface area contributed by atoms with Gasteiger partial charge in [0, 0.05) is 7.05 Å². The lowest BCUT2D eigenvalue weighted by Gasteiger charge is -2.13. The van der Waals surface area contributed by atoms with E-state index in [9.17, 15) is 19.5 Å². The minimum absolute atomic E-state index is 0.144. The number of amides is 3. The van der Waals surface area contributed by atoms with Crippen LogP contribution in [0.4, 0.5) is 4.79 Å². The highest BCUT2D eigenvalue weighted by molar-refractivity contribution is 5.99. The Hall–Kier alpha value is -2.77. The molecule has 0 aromatic heterocycles. The topological polar surface area (TPSA) is 114 Å². The van der Waals surface area contributed by atoms with Crippen LogP contribution in [0.3, 0.4) is 0 Å². The van der Waals surface area contributed by atoms with Crippen molar-refractivity contribution in [2.24, 2.45) is 0 Å². The van der Waals surface area contributed by atoms with E-state index in [1.165, 1.54) is 39.3 Å². The van der Waals surface area contributed by atoms with Gasteiger partial charge in [-0.3, -0.25) is 10.1 Å². The molecule has 1 unspecified atom stereocenters. The van der Waals surface area contributed by atoms with Crippen molar-refractivity contribution in [1.29, 1.82) is 0 Å². The number of hydrogen-bond acceptors (Lipinski definition) is 6. The zero-order chi connectivity index (χ0) is 16.0. The van der Waals surface area contributed by atoms with E-state index in [-0.39, 0.29) is 11.3 Å². The van der Waals surface area contributed by atoms with Crippen molar-refractivity contribution in [3.05, 3.63) is 23.8 Å². The van der Waals surface area contributed by atoms with Gasteiger partial charge < -0.3 is 19.9 Å². The van der Waals surface area contributed by atoms with E-state index in [0.717, 1.165) is 0 Å². The molecule has 21 heavy (non-hydrogen) atoms. The Kier molecular flexibility index (Phi) is 5.53. The summed E-state index contributed by atoms with van der Waals surface area (Å²) < 4.78 is 9.81. The zero-order valence-electron chi connectivity index (χ0n) is 11.8. The third-order valence-corrected chi connectivity index (χ3v) is 2.54. The predicted molar refractivity (Wildman–Crippen MR) is 72.1 cm³/mol. The number of methoxy groups -OCH3 is 1. The minimum atomic E-state index is -1.21. The summed E-state index contributed by atoms with van der Waals surface area (Å²) in [6.45, 7) is 1.30. The monoisotopic (exact) mass is 296 g/mol. The lowest BCUT2D eigenvalue weighted by atomic mass is 10.2. The second-order valence-electron chi connectivity index (χ2n) is 4.00. The number of rotatable bonds is 4. The van der Waals surface area contributed by atoms with Crippen molar-refractivity contribution in [3.8, 4) is 11.5 Å². The van der Waals surface area contributed by atoms with E-state index in [4.69, 9.17) is 9.47 Å². The van der Waals surface area contributed by atoms with Gasteiger partial charge in [0.2, 0.25) is 0 Å². The van der Waals surface area contributed by atoms with Crippen molar-refractivity contribution in [3.63, 3.8) is 0 Å². The summed E-state index contributed by atoms with van der Waals surface area (Å²) in [5, 5.41) is 13.8. The van der Waals surface area contributed by atoms with Crippen LogP contribution in [0.15, 0.2) is 18.2 Å². The Morgan fingerprint density at radius 1 is 1.29 bits per heavy atom. The Balaban J connectivity index is 2.76. The lowest BCUT2D eigenvalue weighted by Crippen LogP contribution is -2.43. The number of phenolic OH excluding ortho intramolecular Hbond substituents is 1. The van der Waals surface area contributed by atoms with Crippen LogP contribution in [0.1, 0.15) is 17.3 Å². The van der Waals surface area contributed by atoms with Gasteiger partial charge in [-0.15, -0.1) is 0 Å². The van der Waals surface area contributed by atoms with E-state index in [0.29, 0.717) is 5.75 Å². The van der Waals surface area contributed by atoms with Crippen LogP contribution in [0.5, 0.6) is 11.5 Å². The summed E-state index contributed by atoms with van der Waals surface area (Å²) in [6, 6.07) is 3.30. The van der Waals surface area contributed by atoms with Crippen LogP contribution in [0.25, 0.3) is 0 Å². The van der Waals surface area contributed by atoms with Crippen molar-refractivity contribution >= 4 is 17.9 Å². The number of nitrogens with one attached hydrogen (secondary N) is 2. The molecule has 114 valence electrons. The molecule has 0 saturated carbocycles. The second kappa shape index (κ2) is 7.13. The molecule has 1 aromatic carbocycles. The number of aromatic hydroxyl groups is 1. The Labute approximate surface area is 121 Å². The Morgan fingerprint density at radius 2 is 1.95 bits per heavy atom.